The molecule has 0 heterocycles. The Kier molecular flexibility index (Phi) is 6.68. The van der Waals surface area contributed by atoms with E-state index >= 15 is 0 Å². The molecule has 98 valence electrons. The van der Waals surface area contributed by atoms with Crippen molar-refractivity contribution < 1.29 is 13.2 Å². The fourth-order valence-corrected chi connectivity index (χ4v) is 2.09. The van der Waals surface area contributed by atoms with Crippen molar-refractivity contribution in [3.05, 3.63) is 34.8 Å². The van der Waals surface area contributed by atoms with Crippen molar-refractivity contribution in [3.63, 3.8) is 0 Å². The number of hydrogen-bond acceptors (Lipinski definition) is 1. The van der Waals surface area contributed by atoms with Crippen LogP contribution >= 0.6 is 11.8 Å². The zero-order valence-electron chi connectivity index (χ0n) is 10.7. The predicted molar refractivity (Wildman–Crippen MR) is 70.0 cm³/mol. The van der Waals surface area contributed by atoms with Crippen molar-refractivity contribution in [2.24, 2.45) is 5.92 Å². The molecular weight excluding hydrogens is 245 g/mol. The lowest BCUT2D eigenvalue weighted by Gasteiger charge is -2.13. The fourth-order valence-electron chi connectivity index (χ4n) is 1.11. The second-order valence-corrected chi connectivity index (χ2v) is 5.24. The molecule has 0 atom stereocenters. The first kappa shape index (κ1) is 16.4. The average molecular weight is 264 g/mol. The molecule has 0 saturated carbocycles. The summed E-state index contributed by atoms with van der Waals surface area (Å²) < 4.78 is 37.8. The topological polar surface area (TPSA) is 0 Å². The third kappa shape index (κ3) is 5.48. The number of hydrogen-bond donors (Lipinski definition) is 0. The highest BCUT2D eigenvalue weighted by Gasteiger charge is 2.31. The van der Waals surface area contributed by atoms with Gasteiger partial charge in [-0.2, -0.15) is 13.2 Å². The summed E-state index contributed by atoms with van der Waals surface area (Å²) in [4.78, 5) is 0.690. The molecule has 17 heavy (non-hydrogen) atoms. The molecular formula is C13H19F3S. The molecule has 0 nitrogen and oxygen atoms in total. The third-order valence-electron chi connectivity index (χ3n) is 2.39. The van der Waals surface area contributed by atoms with Gasteiger partial charge in [-0.15, -0.1) is 11.8 Å². The lowest BCUT2D eigenvalue weighted by atomic mass is 10.0. The van der Waals surface area contributed by atoms with Gasteiger partial charge in [-0.3, -0.25) is 0 Å². The molecule has 0 fully saturated rings. The van der Waals surface area contributed by atoms with E-state index in [4.69, 9.17) is 0 Å². The Hall–Kier alpha value is -0.640. The Labute approximate surface area is 106 Å². The summed E-state index contributed by atoms with van der Waals surface area (Å²) in [5.41, 5.74) is 0.286. The molecule has 0 aliphatic carbocycles. The first-order valence-corrected chi connectivity index (χ1v) is 6.47. The normalized spacial score (nSPS) is 14.9. The zero-order valence-corrected chi connectivity index (χ0v) is 11.5. The molecule has 0 amide bonds. The van der Waals surface area contributed by atoms with E-state index in [9.17, 15) is 13.2 Å². The van der Waals surface area contributed by atoms with E-state index in [1.54, 1.807) is 0 Å². The van der Waals surface area contributed by atoms with E-state index in [0.29, 0.717) is 4.91 Å². The van der Waals surface area contributed by atoms with Gasteiger partial charge < -0.3 is 0 Å². The maximum absolute atomic E-state index is 12.6. The lowest BCUT2D eigenvalue weighted by molar-refractivity contribution is -0.0881. The first-order chi connectivity index (χ1) is 7.73. The summed E-state index contributed by atoms with van der Waals surface area (Å²) >= 11 is 1.43. The van der Waals surface area contributed by atoms with E-state index in [2.05, 4.69) is 6.58 Å². The van der Waals surface area contributed by atoms with Gasteiger partial charge >= 0.3 is 6.18 Å². The monoisotopic (exact) mass is 264 g/mol. The molecule has 0 radical (unpaired) electrons. The van der Waals surface area contributed by atoms with Crippen LogP contribution in [0.2, 0.25) is 0 Å². The highest BCUT2D eigenvalue weighted by atomic mass is 32.2. The Bertz CT molecular complexity index is 322. The minimum Gasteiger partial charge on any atom is -0.166 e. The van der Waals surface area contributed by atoms with E-state index in [-0.39, 0.29) is 5.92 Å². The van der Waals surface area contributed by atoms with Crippen molar-refractivity contribution in [2.45, 2.75) is 33.9 Å². The molecule has 0 spiro atoms. The van der Waals surface area contributed by atoms with Crippen LogP contribution in [0.15, 0.2) is 34.8 Å². The zero-order chi connectivity index (χ0) is 13.6. The van der Waals surface area contributed by atoms with E-state index in [1.165, 1.54) is 17.8 Å². The van der Waals surface area contributed by atoms with Crippen molar-refractivity contribution in [3.8, 4) is 0 Å². The summed E-state index contributed by atoms with van der Waals surface area (Å²) in [5.74, 6) is 0.984. The van der Waals surface area contributed by atoms with Crippen molar-refractivity contribution in [1.82, 2.24) is 0 Å². The van der Waals surface area contributed by atoms with Crippen LogP contribution in [-0.4, -0.2) is 11.9 Å². The molecule has 0 saturated heterocycles. The van der Waals surface area contributed by atoms with Crippen molar-refractivity contribution in [2.75, 3.05) is 5.75 Å². The molecule has 0 aliphatic heterocycles. The van der Waals surface area contributed by atoms with Crippen LogP contribution in [-0.2, 0) is 0 Å². The highest BCUT2D eigenvalue weighted by molar-refractivity contribution is 8.03. The Morgan fingerprint density at radius 2 is 1.88 bits per heavy atom. The number of halogens is 3. The first-order valence-electron chi connectivity index (χ1n) is 5.48. The summed E-state index contributed by atoms with van der Waals surface area (Å²) in [6.45, 7) is 11.0. The van der Waals surface area contributed by atoms with Gasteiger partial charge in [0, 0.05) is 4.91 Å². The smallest absolute Gasteiger partial charge is 0.166 e. The minimum atomic E-state index is -4.33. The van der Waals surface area contributed by atoms with Crippen LogP contribution in [0.4, 0.5) is 13.2 Å². The van der Waals surface area contributed by atoms with Gasteiger partial charge in [-0.1, -0.05) is 39.0 Å². The van der Waals surface area contributed by atoms with E-state index < -0.39 is 11.7 Å². The minimum absolute atomic E-state index is 0.236. The van der Waals surface area contributed by atoms with Crippen molar-refractivity contribution >= 4 is 11.8 Å². The average Bonchev–Trinajstić information content (AvgIpc) is 2.21. The van der Waals surface area contributed by atoms with Crippen LogP contribution in [0, 0.1) is 5.92 Å². The quantitative estimate of drug-likeness (QED) is 0.604. The second-order valence-electron chi connectivity index (χ2n) is 3.94. The maximum Gasteiger partial charge on any atom is 0.416 e. The molecule has 0 N–H and O–H groups in total. The standard InChI is InChI=1S/C13H19F3S/c1-6-11(13(14,15)16)8-12(17-7-2)10(5)9(3)4/h6,8-9H,1,7H2,2-5H3/b11-8+,12-10-. The van der Waals surface area contributed by atoms with Gasteiger partial charge in [0.1, 0.15) is 0 Å². The van der Waals surface area contributed by atoms with Gasteiger partial charge in [-0.25, -0.2) is 0 Å². The number of thioether (sulfide) groups is 1. The van der Waals surface area contributed by atoms with Crippen LogP contribution in [0.3, 0.4) is 0 Å². The second kappa shape index (κ2) is 6.94. The Morgan fingerprint density at radius 3 is 2.18 bits per heavy atom. The SMILES string of the molecule is C=C/C(=C\C(SCC)=C(/C)C(C)C)C(F)(F)F. The van der Waals surface area contributed by atoms with Gasteiger partial charge in [-0.05, 0) is 24.7 Å². The van der Waals surface area contributed by atoms with E-state index in [1.807, 2.05) is 27.7 Å². The predicted octanol–water partition coefficient (Wildman–Crippen LogP) is 5.34. The Balaban J connectivity index is 5.44. The van der Waals surface area contributed by atoms with Crippen LogP contribution in [0.5, 0.6) is 0 Å². The summed E-state index contributed by atoms with van der Waals surface area (Å²) in [5, 5.41) is 0. The molecule has 4 heteroatoms. The largest absolute Gasteiger partial charge is 0.416 e. The summed E-state index contributed by atoms with van der Waals surface area (Å²) in [7, 11) is 0. The van der Waals surface area contributed by atoms with Crippen molar-refractivity contribution in [1.29, 1.82) is 0 Å². The van der Waals surface area contributed by atoms with Gasteiger partial charge in [0.2, 0.25) is 0 Å². The number of alkyl halides is 3. The fraction of sp³-hybridized carbons (Fsp3) is 0.538. The van der Waals surface area contributed by atoms with Gasteiger partial charge in [0.05, 0.1) is 5.57 Å². The molecule has 0 aromatic carbocycles. The molecule has 0 aromatic rings. The van der Waals surface area contributed by atoms with E-state index in [0.717, 1.165) is 17.4 Å². The highest BCUT2D eigenvalue weighted by Crippen LogP contribution is 2.32. The van der Waals surface area contributed by atoms with Gasteiger partial charge in [0.25, 0.3) is 0 Å². The van der Waals surface area contributed by atoms with Crippen LogP contribution in [0.1, 0.15) is 27.7 Å². The van der Waals surface area contributed by atoms with Crippen LogP contribution in [0.25, 0.3) is 0 Å². The molecule has 0 aromatic heterocycles. The van der Waals surface area contributed by atoms with Gasteiger partial charge in [0.15, 0.2) is 0 Å². The molecule has 0 rings (SSSR count). The molecule has 0 unspecified atom stereocenters. The lowest BCUT2D eigenvalue weighted by Crippen LogP contribution is -2.10. The van der Waals surface area contributed by atoms with Crippen LogP contribution < -0.4 is 0 Å². The Morgan fingerprint density at radius 1 is 1.35 bits per heavy atom. The number of rotatable bonds is 5. The third-order valence-corrected chi connectivity index (χ3v) is 3.43. The molecule has 0 aliphatic rings. The molecule has 0 bridgehead atoms. The summed E-state index contributed by atoms with van der Waals surface area (Å²) in [6.07, 6.45) is -2.28. The number of allylic oxidation sites excluding steroid dienone is 4. The maximum atomic E-state index is 12.6. The summed E-state index contributed by atoms with van der Waals surface area (Å²) in [6, 6.07) is 0.